The summed E-state index contributed by atoms with van der Waals surface area (Å²) in [6.07, 6.45) is 0. The van der Waals surface area contributed by atoms with Gasteiger partial charge in [-0.05, 0) is 23.4 Å². The molecule has 9 heteroatoms. The minimum absolute atomic E-state index is 0.00422. The van der Waals surface area contributed by atoms with E-state index >= 15 is 0 Å². The second-order valence-corrected chi connectivity index (χ2v) is 6.54. The predicted molar refractivity (Wildman–Crippen MR) is 111 cm³/mol. The van der Waals surface area contributed by atoms with Gasteiger partial charge in [-0.25, -0.2) is 0 Å². The van der Waals surface area contributed by atoms with Crippen LogP contribution in [0.4, 0.5) is 5.69 Å². The zero-order valence-corrected chi connectivity index (χ0v) is 16.3. The molecule has 3 N–H and O–H groups in total. The number of nitrogens with one attached hydrogen (secondary N) is 2. The van der Waals surface area contributed by atoms with Crippen molar-refractivity contribution in [2.75, 3.05) is 0 Å². The average Bonchev–Trinajstić information content (AvgIpc) is 3.10. The first-order chi connectivity index (χ1) is 12.1. The van der Waals surface area contributed by atoms with E-state index in [0.29, 0.717) is 16.9 Å². The Balaban J connectivity index is 0.000000569. The molecule has 0 aliphatic rings. The number of hydrogen-bond donors (Lipinski definition) is 3. The van der Waals surface area contributed by atoms with Crippen LogP contribution in [-0.4, -0.2) is 20.1 Å². The fraction of sp³-hybridized carbons (Fsp3) is 0. The molecule has 0 aliphatic carbocycles. The molecule has 4 aromatic rings. The number of aromatic amines is 2. The van der Waals surface area contributed by atoms with Gasteiger partial charge in [-0.15, -0.1) is 4.91 Å². The van der Waals surface area contributed by atoms with E-state index in [9.17, 15) is 10.0 Å². The van der Waals surface area contributed by atoms with E-state index in [0.717, 1.165) is 31.3 Å². The van der Waals surface area contributed by atoms with Crippen molar-refractivity contribution in [3.63, 3.8) is 0 Å². The maximum Gasteiger partial charge on any atom is 0.199 e. The van der Waals surface area contributed by atoms with Crippen molar-refractivity contribution in [2.45, 2.75) is 0 Å². The monoisotopic (exact) mass is 509 g/mol. The van der Waals surface area contributed by atoms with Gasteiger partial charge >= 0.3 is 32.1 Å². The number of benzene rings is 2. The van der Waals surface area contributed by atoms with Crippen LogP contribution in [0, 0.1) is 4.91 Å². The van der Waals surface area contributed by atoms with E-state index in [-0.39, 0.29) is 5.88 Å². The maximum atomic E-state index is 11.3. The number of halogens is 2. The summed E-state index contributed by atoms with van der Waals surface area (Å²) in [6, 6.07) is 13.1. The Kier molecular flexibility index (Phi) is 5.33. The first-order valence-electron chi connectivity index (χ1n) is 7.09. The topological polar surface area (TPSA) is 98.3 Å². The third-order valence-electron chi connectivity index (χ3n) is 3.76. The van der Waals surface area contributed by atoms with Crippen LogP contribution in [0.1, 0.15) is 0 Å². The van der Waals surface area contributed by atoms with Crippen molar-refractivity contribution in [3.05, 3.63) is 51.8 Å². The van der Waals surface area contributed by atoms with Crippen LogP contribution in [0.25, 0.3) is 33.1 Å². The quantitative estimate of drug-likeness (QED) is 0.187. The van der Waals surface area contributed by atoms with E-state index in [1.165, 1.54) is 0 Å². The van der Waals surface area contributed by atoms with Crippen molar-refractivity contribution in [1.29, 1.82) is 0 Å². The minimum Gasteiger partial charge on any atom is -0.494 e. The van der Waals surface area contributed by atoms with Gasteiger partial charge in [0.2, 0.25) is 0 Å². The Labute approximate surface area is 164 Å². The van der Waals surface area contributed by atoms with Gasteiger partial charge in [-0.1, -0.05) is 40.2 Å². The van der Waals surface area contributed by atoms with Gasteiger partial charge in [0.25, 0.3) is 0 Å². The van der Waals surface area contributed by atoms with Crippen molar-refractivity contribution in [3.8, 4) is 17.1 Å². The number of hydrogen-bond acceptors (Lipinski definition) is 4. The standard InChI is InChI=1S/C16H10BrN3O2.BIO/c17-8-5-6-9-12(7-8)19-16(21)13(9)15-14(20-22)10-3-1-2-4-11(10)18-15;2-1-3/h1-7,18-19,21H;. The molecule has 6 nitrogen and oxygen atoms in total. The molecule has 2 heterocycles. The van der Waals surface area contributed by atoms with E-state index in [4.69, 9.17) is 4.70 Å². The number of aromatic nitrogens is 2. The number of H-pyrrole nitrogens is 2. The first kappa shape index (κ1) is 17.8. The third-order valence-corrected chi connectivity index (χ3v) is 4.25. The fourth-order valence-corrected chi connectivity index (χ4v) is 3.17. The zero-order chi connectivity index (χ0) is 18.0. The molecular weight excluding hydrogens is 500 g/mol. The molecule has 0 radical (unpaired) electrons. The fourth-order valence-electron chi connectivity index (χ4n) is 2.81. The summed E-state index contributed by atoms with van der Waals surface area (Å²) in [4.78, 5) is 17.4. The molecule has 2 aromatic carbocycles. The van der Waals surface area contributed by atoms with E-state index in [1.807, 2.05) is 42.5 Å². The van der Waals surface area contributed by atoms with Crippen LogP contribution in [0.5, 0.6) is 5.88 Å². The van der Waals surface area contributed by atoms with Crippen LogP contribution in [0.15, 0.2) is 52.1 Å². The number of nitrogens with zero attached hydrogens (tertiary/aromatic N) is 1. The summed E-state index contributed by atoms with van der Waals surface area (Å²) in [7, 11) is 0. The molecule has 4 rings (SSSR count). The predicted octanol–water partition coefficient (Wildman–Crippen LogP) is 5.57. The molecule has 0 spiro atoms. The number of aromatic hydroxyl groups is 1. The van der Waals surface area contributed by atoms with Gasteiger partial charge in [0.15, 0.2) is 5.88 Å². The van der Waals surface area contributed by atoms with Crippen molar-refractivity contribution in [1.82, 2.24) is 9.97 Å². The molecule has 0 atom stereocenters. The maximum absolute atomic E-state index is 11.3. The second kappa shape index (κ2) is 7.48. The Morgan fingerprint density at radius 3 is 2.52 bits per heavy atom. The molecule has 25 heavy (non-hydrogen) atoms. The number of nitroso groups, excluding NO2 is 1. The van der Waals surface area contributed by atoms with E-state index < -0.39 is 0 Å². The second-order valence-electron chi connectivity index (χ2n) is 5.11. The molecule has 0 aliphatic heterocycles. The van der Waals surface area contributed by atoms with Crippen molar-refractivity contribution in [2.24, 2.45) is 5.18 Å². The Morgan fingerprint density at radius 2 is 1.80 bits per heavy atom. The SMILES string of the molecule is O=BI.O=Nc1c(-c2c(O)[nH]c3cc(Br)ccc23)[nH]c2ccccc12. The van der Waals surface area contributed by atoms with Gasteiger partial charge in [-0.3, -0.25) is 0 Å². The van der Waals surface area contributed by atoms with Gasteiger partial charge in [0.1, 0.15) is 5.69 Å². The molecule has 0 amide bonds. The summed E-state index contributed by atoms with van der Waals surface area (Å²) >= 11 is 5.01. The zero-order valence-electron chi connectivity index (χ0n) is 12.6. The van der Waals surface area contributed by atoms with Crippen LogP contribution >= 0.6 is 38.3 Å². The summed E-state index contributed by atoms with van der Waals surface area (Å²) in [6.45, 7) is 0. The normalized spacial score (nSPS) is 10.3. The average molecular weight is 510 g/mol. The summed E-state index contributed by atoms with van der Waals surface area (Å²) < 4.78 is 9.69. The minimum atomic E-state index is 0.00422. The smallest absolute Gasteiger partial charge is 0.199 e. The number of rotatable bonds is 2. The Bertz CT molecular complexity index is 1090. The largest absolute Gasteiger partial charge is 0.494 e. The summed E-state index contributed by atoms with van der Waals surface area (Å²) in [5.74, 6) is 0.00422. The Morgan fingerprint density at radius 1 is 1.08 bits per heavy atom. The van der Waals surface area contributed by atoms with E-state index in [2.05, 4.69) is 31.1 Å². The third kappa shape index (κ3) is 3.25. The van der Waals surface area contributed by atoms with Gasteiger partial charge in [0, 0.05) is 20.8 Å². The molecule has 124 valence electrons. The van der Waals surface area contributed by atoms with Crippen LogP contribution in [0.3, 0.4) is 0 Å². The van der Waals surface area contributed by atoms with E-state index in [1.54, 1.807) is 22.4 Å². The number of para-hydroxylation sites is 1. The summed E-state index contributed by atoms with van der Waals surface area (Å²) in [5.41, 5.74) is 2.95. The van der Waals surface area contributed by atoms with Crippen molar-refractivity contribution < 1.29 is 9.81 Å². The molecular formula is C16H10BBrIN3O3. The van der Waals surface area contributed by atoms with Gasteiger partial charge < -0.3 is 15.1 Å². The van der Waals surface area contributed by atoms with Crippen LogP contribution in [-0.2, 0) is 4.70 Å². The van der Waals surface area contributed by atoms with Crippen molar-refractivity contribution >= 4 is 70.8 Å². The summed E-state index contributed by atoms with van der Waals surface area (Å²) in [5, 5.41) is 15.7. The van der Waals surface area contributed by atoms with Crippen LogP contribution in [0.2, 0.25) is 0 Å². The van der Waals surface area contributed by atoms with Gasteiger partial charge in [-0.2, -0.15) is 0 Å². The molecule has 0 fully saturated rings. The molecule has 0 saturated heterocycles. The van der Waals surface area contributed by atoms with Crippen LogP contribution < -0.4 is 0 Å². The Hall–Kier alpha value is -2.01. The molecule has 0 unspecified atom stereocenters. The number of fused-ring (bicyclic) bond motifs is 2. The molecule has 2 aromatic heterocycles. The molecule has 0 saturated carbocycles. The molecule has 0 bridgehead atoms. The van der Waals surface area contributed by atoms with Gasteiger partial charge in [0.05, 0.1) is 16.8 Å². The first-order valence-corrected chi connectivity index (χ1v) is 9.13.